The molecule has 11 nitrogen and oxygen atoms in total. The summed E-state index contributed by atoms with van der Waals surface area (Å²) >= 11 is 0. The molecule has 3 heterocycles. The van der Waals surface area contributed by atoms with Crippen LogP contribution in [0.15, 0.2) is 30.7 Å². The summed E-state index contributed by atoms with van der Waals surface area (Å²) in [5.74, 6) is -0.381. The molecule has 182 valence electrons. The molecule has 0 saturated carbocycles. The van der Waals surface area contributed by atoms with Gasteiger partial charge in [0.2, 0.25) is 10.0 Å². The summed E-state index contributed by atoms with van der Waals surface area (Å²) in [6.07, 6.45) is 3.61. The number of aromatic nitrogens is 3. The Hall–Kier alpha value is -3.22. The van der Waals surface area contributed by atoms with Gasteiger partial charge in [0.05, 0.1) is 18.8 Å². The van der Waals surface area contributed by atoms with Crippen molar-refractivity contribution in [3.8, 4) is 5.75 Å². The number of anilines is 1. The van der Waals surface area contributed by atoms with Crippen molar-refractivity contribution in [3.63, 3.8) is 0 Å². The van der Waals surface area contributed by atoms with Gasteiger partial charge in [-0.05, 0) is 31.0 Å². The molecular weight excluding hydrogens is 460 g/mol. The highest BCUT2D eigenvalue weighted by Gasteiger charge is 2.26. The third-order valence-electron chi connectivity index (χ3n) is 6.06. The van der Waals surface area contributed by atoms with Crippen LogP contribution in [0.4, 0.5) is 5.82 Å². The average molecular weight is 489 g/mol. The number of piperazine rings is 1. The molecular formula is C22H28N6O5S. The second-order valence-corrected chi connectivity index (χ2v) is 9.95. The quantitative estimate of drug-likeness (QED) is 0.475. The van der Waals surface area contributed by atoms with Gasteiger partial charge in [-0.25, -0.2) is 28.3 Å². The molecule has 0 radical (unpaired) electrons. The zero-order chi connectivity index (χ0) is 24.5. The number of primary sulfonamides is 1. The lowest BCUT2D eigenvalue weighted by atomic mass is 10.0. The molecule has 0 amide bonds. The fourth-order valence-electron chi connectivity index (χ4n) is 4.49. The number of nitrogens with zero attached hydrogens (tertiary/aromatic N) is 5. The van der Waals surface area contributed by atoms with Crippen LogP contribution in [0.3, 0.4) is 0 Å². The first kappa shape index (κ1) is 23.9. The van der Waals surface area contributed by atoms with Crippen LogP contribution in [-0.2, 0) is 22.3 Å². The molecule has 12 heteroatoms. The summed E-state index contributed by atoms with van der Waals surface area (Å²) in [6.45, 7) is 5.57. The van der Waals surface area contributed by atoms with Crippen LogP contribution in [0, 0.1) is 6.92 Å². The van der Waals surface area contributed by atoms with Crippen LogP contribution in [0.2, 0.25) is 0 Å². The second kappa shape index (κ2) is 9.57. The van der Waals surface area contributed by atoms with Crippen molar-refractivity contribution in [3.05, 3.63) is 47.5 Å². The van der Waals surface area contributed by atoms with Gasteiger partial charge in [-0.3, -0.25) is 4.90 Å². The standard InChI is InChI=1S/C22H28N6O5S/c1-15-3-4-18-17(11-15)16(20(22(29)30)28(18)14-34(23,31)32)5-6-26-7-9-27(10-8-26)21-19(33-2)12-24-13-25-21/h3-4,11-13H,5-10,14H2,1-2H3,(H,29,30)(H2,23,31,32). The van der Waals surface area contributed by atoms with Crippen LogP contribution in [0.1, 0.15) is 21.6 Å². The number of carboxylic acid groups (broad SMARTS) is 1. The molecule has 1 saturated heterocycles. The molecule has 4 rings (SSSR count). The molecule has 1 fully saturated rings. The lowest BCUT2D eigenvalue weighted by molar-refractivity contribution is 0.0685. The van der Waals surface area contributed by atoms with E-state index in [4.69, 9.17) is 9.88 Å². The van der Waals surface area contributed by atoms with E-state index in [-0.39, 0.29) is 5.69 Å². The Labute approximate surface area is 197 Å². The largest absolute Gasteiger partial charge is 0.491 e. The predicted molar refractivity (Wildman–Crippen MR) is 128 cm³/mol. The number of carboxylic acids is 1. The first-order valence-electron chi connectivity index (χ1n) is 10.8. The van der Waals surface area contributed by atoms with Gasteiger partial charge in [0, 0.05) is 38.1 Å². The molecule has 1 aliphatic heterocycles. The number of fused-ring (bicyclic) bond motifs is 1. The van der Waals surface area contributed by atoms with Crippen molar-refractivity contribution in [1.29, 1.82) is 0 Å². The smallest absolute Gasteiger partial charge is 0.352 e. The van der Waals surface area contributed by atoms with Gasteiger partial charge in [0.1, 0.15) is 17.9 Å². The number of carbonyl (C=O) groups is 1. The summed E-state index contributed by atoms with van der Waals surface area (Å²) in [5.41, 5.74) is 2.10. The number of sulfonamides is 1. The number of benzene rings is 1. The average Bonchev–Trinajstić information content (AvgIpc) is 3.09. The Bertz CT molecular complexity index is 1310. The molecule has 0 aliphatic carbocycles. The lowest BCUT2D eigenvalue weighted by Gasteiger charge is -2.35. The molecule has 34 heavy (non-hydrogen) atoms. The van der Waals surface area contributed by atoms with E-state index in [0.29, 0.717) is 29.8 Å². The number of hydrogen-bond acceptors (Lipinski definition) is 8. The van der Waals surface area contributed by atoms with Crippen molar-refractivity contribution in [2.24, 2.45) is 5.14 Å². The minimum Gasteiger partial charge on any atom is -0.491 e. The van der Waals surface area contributed by atoms with E-state index in [2.05, 4.69) is 19.8 Å². The van der Waals surface area contributed by atoms with E-state index in [1.165, 1.54) is 10.9 Å². The highest BCUT2D eigenvalue weighted by atomic mass is 32.2. The van der Waals surface area contributed by atoms with Gasteiger partial charge in [-0.15, -0.1) is 0 Å². The predicted octanol–water partition coefficient (Wildman–Crippen LogP) is 1.06. The minimum absolute atomic E-state index is 0.0287. The number of hydrogen-bond donors (Lipinski definition) is 2. The summed E-state index contributed by atoms with van der Waals surface area (Å²) in [5, 5.41) is 16.0. The highest BCUT2D eigenvalue weighted by molar-refractivity contribution is 7.88. The summed E-state index contributed by atoms with van der Waals surface area (Å²) in [7, 11) is -2.34. The zero-order valence-corrected chi connectivity index (χ0v) is 20.0. The fraction of sp³-hybridized carbons (Fsp3) is 0.409. The Morgan fingerprint density at radius 1 is 1.24 bits per heavy atom. The van der Waals surface area contributed by atoms with Gasteiger partial charge in [0.25, 0.3) is 0 Å². The molecule has 0 bridgehead atoms. The van der Waals surface area contributed by atoms with Crippen LogP contribution in [-0.4, -0.2) is 78.8 Å². The molecule has 3 aromatic rings. The summed E-state index contributed by atoms with van der Waals surface area (Å²) in [6, 6.07) is 5.48. The van der Waals surface area contributed by atoms with Gasteiger partial charge >= 0.3 is 5.97 Å². The van der Waals surface area contributed by atoms with Crippen molar-refractivity contribution < 1.29 is 23.1 Å². The van der Waals surface area contributed by atoms with E-state index in [1.54, 1.807) is 19.4 Å². The molecule has 0 atom stereocenters. The van der Waals surface area contributed by atoms with Gasteiger partial charge in [-0.2, -0.15) is 0 Å². The van der Waals surface area contributed by atoms with E-state index in [9.17, 15) is 18.3 Å². The fourth-order valence-corrected chi connectivity index (χ4v) is 5.12. The molecule has 0 unspecified atom stereocenters. The van der Waals surface area contributed by atoms with Crippen LogP contribution >= 0.6 is 0 Å². The van der Waals surface area contributed by atoms with Gasteiger partial charge in [0.15, 0.2) is 11.6 Å². The van der Waals surface area contributed by atoms with E-state index in [1.807, 2.05) is 19.1 Å². The van der Waals surface area contributed by atoms with Crippen LogP contribution < -0.4 is 14.8 Å². The van der Waals surface area contributed by atoms with Crippen LogP contribution in [0.25, 0.3) is 10.9 Å². The third kappa shape index (κ3) is 4.98. The number of rotatable bonds is 8. The van der Waals surface area contributed by atoms with Crippen molar-refractivity contribution in [2.75, 3.05) is 44.7 Å². The number of aromatic carboxylic acids is 1. The number of ether oxygens (including phenoxy) is 1. The first-order chi connectivity index (χ1) is 16.2. The van der Waals surface area contributed by atoms with Crippen molar-refractivity contribution >= 4 is 32.7 Å². The van der Waals surface area contributed by atoms with E-state index in [0.717, 1.165) is 42.9 Å². The normalized spacial score (nSPS) is 15.1. The number of methoxy groups -OCH3 is 1. The summed E-state index contributed by atoms with van der Waals surface area (Å²) < 4.78 is 30.3. The maximum Gasteiger partial charge on any atom is 0.352 e. The van der Waals surface area contributed by atoms with E-state index >= 15 is 0 Å². The second-order valence-electron chi connectivity index (χ2n) is 8.37. The molecule has 1 aromatic carbocycles. The maximum atomic E-state index is 12.2. The maximum absolute atomic E-state index is 12.2. The van der Waals surface area contributed by atoms with Crippen molar-refractivity contribution in [1.82, 2.24) is 19.4 Å². The lowest BCUT2D eigenvalue weighted by Crippen LogP contribution is -2.47. The SMILES string of the molecule is COc1cncnc1N1CCN(CCc2c(C(=O)O)n(CS(N)(=O)=O)c3ccc(C)cc23)CC1. The Morgan fingerprint density at radius 2 is 1.97 bits per heavy atom. The number of aryl methyl sites for hydroxylation is 1. The van der Waals surface area contributed by atoms with Crippen molar-refractivity contribution in [2.45, 2.75) is 19.2 Å². The minimum atomic E-state index is -3.93. The Morgan fingerprint density at radius 3 is 2.62 bits per heavy atom. The Kier molecular flexibility index (Phi) is 6.73. The topological polar surface area (TPSA) is 144 Å². The third-order valence-corrected chi connectivity index (χ3v) is 6.68. The Balaban J connectivity index is 1.55. The van der Waals surface area contributed by atoms with Crippen LogP contribution in [0.5, 0.6) is 5.75 Å². The van der Waals surface area contributed by atoms with Gasteiger partial charge in [-0.1, -0.05) is 11.6 Å². The van der Waals surface area contributed by atoms with Gasteiger partial charge < -0.3 is 19.3 Å². The first-order valence-corrected chi connectivity index (χ1v) is 12.6. The number of nitrogens with two attached hydrogens (primary N) is 1. The highest BCUT2D eigenvalue weighted by Crippen LogP contribution is 2.29. The van der Waals surface area contributed by atoms with E-state index < -0.39 is 21.9 Å². The zero-order valence-electron chi connectivity index (χ0n) is 19.1. The summed E-state index contributed by atoms with van der Waals surface area (Å²) in [4.78, 5) is 24.9. The molecule has 3 N–H and O–H groups in total. The molecule has 2 aromatic heterocycles. The monoisotopic (exact) mass is 488 g/mol. The molecule has 0 spiro atoms. The molecule has 1 aliphatic rings.